The molecule has 46 heavy (non-hydrogen) atoms. The average molecular weight is 658 g/mol. The second-order valence-electron chi connectivity index (χ2n) is 13.1. The first-order valence-electron chi connectivity index (χ1n) is 15.7. The van der Waals surface area contributed by atoms with Crippen LogP contribution in [0.5, 0.6) is 5.75 Å². The van der Waals surface area contributed by atoms with Crippen LogP contribution in [-0.2, 0) is 6.54 Å². The molecule has 4 aromatic rings. The predicted octanol–water partition coefficient (Wildman–Crippen LogP) is 9.47. The van der Waals surface area contributed by atoms with E-state index >= 15 is 0 Å². The highest BCUT2D eigenvalue weighted by molar-refractivity contribution is 7.21. The Balaban J connectivity index is 1.51. The molecule has 2 amide bonds. The van der Waals surface area contributed by atoms with E-state index in [4.69, 9.17) is 16.3 Å². The molecule has 1 aliphatic carbocycles. The summed E-state index contributed by atoms with van der Waals surface area (Å²) in [5.74, 6) is 0.553. The maximum atomic E-state index is 14.5. The lowest BCUT2D eigenvalue weighted by atomic mass is 9.87. The molecule has 0 atom stereocenters. The number of ether oxygens (including phenoxy) is 1. The molecule has 1 aromatic heterocycles. The molecule has 0 saturated heterocycles. The van der Waals surface area contributed by atoms with Gasteiger partial charge in [-0.2, -0.15) is 5.26 Å². The van der Waals surface area contributed by atoms with E-state index in [1.807, 2.05) is 93.3 Å². The molecular formula is C37H40ClN3O4S. The van der Waals surface area contributed by atoms with Crippen LogP contribution >= 0.6 is 22.9 Å². The van der Waals surface area contributed by atoms with Gasteiger partial charge < -0.3 is 19.6 Å². The molecule has 0 radical (unpaired) electrons. The number of carbonyl (C=O) groups is 2. The van der Waals surface area contributed by atoms with Crippen molar-refractivity contribution in [1.82, 2.24) is 9.80 Å². The number of halogens is 1. The van der Waals surface area contributed by atoms with Crippen molar-refractivity contribution in [2.45, 2.75) is 72.0 Å². The lowest BCUT2D eigenvalue weighted by Crippen LogP contribution is -2.49. The summed E-state index contributed by atoms with van der Waals surface area (Å²) in [4.78, 5) is 30.8. The molecule has 1 fully saturated rings. The average Bonchev–Trinajstić information content (AvgIpc) is 3.38. The summed E-state index contributed by atoms with van der Waals surface area (Å²) in [5.41, 5.74) is 3.09. The SMILES string of the molecule is CCOc1ccc(-c2cccc(C#N)c2)cc1CN(C(=O)c1sc2ccccc2c1Cl)C1CCC(N(CC(C)(C)C)C(=O)O)CC1. The maximum absolute atomic E-state index is 14.5. The highest BCUT2D eigenvalue weighted by Crippen LogP contribution is 2.39. The Hall–Kier alpha value is -4.06. The van der Waals surface area contributed by atoms with Crippen LogP contribution in [0.25, 0.3) is 21.2 Å². The van der Waals surface area contributed by atoms with E-state index in [0.717, 1.165) is 26.8 Å². The fourth-order valence-corrected chi connectivity index (χ4v) is 7.79. The van der Waals surface area contributed by atoms with Gasteiger partial charge in [-0.25, -0.2) is 4.79 Å². The van der Waals surface area contributed by atoms with Crippen LogP contribution in [0.2, 0.25) is 5.02 Å². The van der Waals surface area contributed by atoms with E-state index in [0.29, 0.717) is 66.6 Å². The van der Waals surface area contributed by atoms with Gasteiger partial charge in [0.25, 0.3) is 5.91 Å². The van der Waals surface area contributed by atoms with Crippen molar-refractivity contribution < 1.29 is 19.4 Å². The predicted molar refractivity (Wildman–Crippen MR) is 185 cm³/mol. The molecule has 1 heterocycles. The van der Waals surface area contributed by atoms with Gasteiger partial charge in [0.1, 0.15) is 10.6 Å². The lowest BCUT2D eigenvalue weighted by molar-refractivity contribution is 0.0491. The second kappa shape index (κ2) is 14.1. The van der Waals surface area contributed by atoms with Gasteiger partial charge in [-0.15, -0.1) is 11.3 Å². The fourth-order valence-electron chi connectivity index (χ4n) is 6.32. The molecule has 0 bridgehead atoms. The number of hydrogen-bond donors (Lipinski definition) is 1. The molecule has 0 spiro atoms. The van der Waals surface area contributed by atoms with Gasteiger partial charge in [-0.1, -0.05) is 68.8 Å². The van der Waals surface area contributed by atoms with E-state index in [-0.39, 0.29) is 23.4 Å². The largest absolute Gasteiger partial charge is 0.494 e. The number of benzene rings is 3. The molecule has 0 unspecified atom stereocenters. The minimum atomic E-state index is -0.901. The first-order valence-corrected chi connectivity index (χ1v) is 16.9. The third-order valence-electron chi connectivity index (χ3n) is 8.45. The Morgan fingerprint density at radius 2 is 1.65 bits per heavy atom. The van der Waals surface area contributed by atoms with E-state index in [1.54, 1.807) is 11.0 Å². The normalized spacial score (nSPS) is 16.5. The Labute approximate surface area is 280 Å². The summed E-state index contributed by atoms with van der Waals surface area (Å²) in [6.45, 7) is 9.29. The van der Waals surface area contributed by atoms with Crippen LogP contribution in [0, 0.1) is 16.7 Å². The number of nitrogens with zero attached hydrogens (tertiary/aromatic N) is 3. The van der Waals surface area contributed by atoms with Gasteiger partial charge in [0.05, 0.1) is 23.3 Å². The number of fused-ring (bicyclic) bond motifs is 1. The molecule has 5 rings (SSSR count). The summed E-state index contributed by atoms with van der Waals surface area (Å²) in [7, 11) is 0. The van der Waals surface area contributed by atoms with Crippen molar-refractivity contribution in [3.05, 3.63) is 87.8 Å². The number of nitriles is 1. The molecule has 1 aliphatic rings. The highest BCUT2D eigenvalue weighted by Gasteiger charge is 2.36. The minimum Gasteiger partial charge on any atom is -0.494 e. The summed E-state index contributed by atoms with van der Waals surface area (Å²) in [5, 5.41) is 20.8. The quantitative estimate of drug-likeness (QED) is 0.193. The third kappa shape index (κ3) is 7.49. The summed E-state index contributed by atoms with van der Waals surface area (Å²) in [6.07, 6.45) is 1.76. The molecule has 1 N–H and O–H groups in total. The first kappa shape index (κ1) is 33.3. The summed E-state index contributed by atoms with van der Waals surface area (Å²) < 4.78 is 7.01. The van der Waals surface area contributed by atoms with Crippen LogP contribution in [0.15, 0.2) is 66.7 Å². The molecule has 9 heteroatoms. The molecule has 3 aromatic carbocycles. The molecular weight excluding hydrogens is 618 g/mol. The minimum absolute atomic E-state index is 0.104. The van der Waals surface area contributed by atoms with Gasteiger partial charge in [0.15, 0.2) is 0 Å². The lowest BCUT2D eigenvalue weighted by Gasteiger charge is -2.41. The Morgan fingerprint density at radius 3 is 2.28 bits per heavy atom. The van der Waals surface area contributed by atoms with Crippen molar-refractivity contribution in [2.75, 3.05) is 13.2 Å². The van der Waals surface area contributed by atoms with Gasteiger partial charge in [-0.3, -0.25) is 4.79 Å². The van der Waals surface area contributed by atoms with E-state index in [1.165, 1.54) is 11.3 Å². The van der Waals surface area contributed by atoms with E-state index < -0.39 is 6.09 Å². The standard InChI is InChI=1S/C37H40ClN3O4S/c1-5-45-31-18-13-26(25-10-8-9-24(19-25)21-39)20-27(31)22-40(35(42)34-33(38)30-11-6-7-12-32(30)46-34)28-14-16-29(17-15-28)41(36(43)44)23-37(2,3)4/h6-13,18-20,28-29H,5,14-17,22-23H2,1-4H3,(H,43,44). The number of thiophene rings is 1. The summed E-state index contributed by atoms with van der Waals surface area (Å²) in [6, 6.07) is 23.1. The zero-order valence-electron chi connectivity index (χ0n) is 26.8. The molecule has 1 saturated carbocycles. The zero-order valence-corrected chi connectivity index (χ0v) is 28.3. The number of carbonyl (C=O) groups excluding carboxylic acids is 1. The first-order chi connectivity index (χ1) is 22.0. The number of rotatable bonds is 9. The topological polar surface area (TPSA) is 93.9 Å². The smallest absolute Gasteiger partial charge is 0.407 e. The van der Waals surface area contributed by atoms with Crippen LogP contribution in [-0.4, -0.2) is 52.1 Å². The van der Waals surface area contributed by atoms with E-state index in [2.05, 4.69) is 6.07 Å². The molecule has 240 valence electrons. The van der Waals surface area contributed by atoms with Crippen molar-refractivity contribution in [1.29, 1.82) is 5.26 Å². The number of amides is 2. The fraction of sp³-hybridized carbons (Fsp3) is 0.378. The van der Waals surface area contributed by atoms with Gasteiger partial charge in [0, 0.05) is 40.8 Å². The van der Waals surface area contributed by atoms with Crippen molar-refractivity contribution in [3.63, 3.8) is 0 Å². The Bertz CT molecular complexity index is 1760. The maximum Gasteiger partial charge on any atom is 0.407 e. The highest BCUT2D eigenvalue weighted by atomic mass is 35.5. The van der Waals surface area contributed by atoms with Crippen molar-refractivity contribution >= 4 is 45.0 Å². The van der Waals surface area contributed by atoms with E-state index in [9.17, 15) is 20.0 Å². The van der Waals surface area contributed by atoms with Gasteiger partial charge >= 0.3 is 6.09 Å². The number of hydrogen-bond acceptors (Lipinski definition) is 5. The van der Waals surface area contributed by atoms with Crippen molar-refractivity contribution in [3.8, 4) is 22.9 Å². The van der Waals surface area contributed by atoms with Gasteiger partial charge in [0.2, 0.25) is 0 Å². The Morgan fingerprint density at radius 1 is 0.978 bits per heavy atom. The summed E-state index contributed by atoms with van der Waals surface area (Å²) >= 11 is 8.25. The van der Waals surface area contributed by atoms with Crippen LogP contribution in [0.4, 0.5) is 4.79 Å². The molecule has 0 aliphatic heterocycles. The van der Waals surface area contributed by atoms with Crippen LogP contribution < -0.4 is 4.74 Å². The number of carboxylic acid groups (broad SMARTS) is 1. The second-order valence-corrected chi connectivity index (χ2v) is 14.5. The third-order valence-corrected chi connectivity index (χ3v) is 10.1. The van der Waals surface area contributed by atoms with Gasteiger partial charge in [-0.05, 0) is 79.5 Å². The Kier molecular flexibility index (Phi) is 10.2. The van der Waals surface area contributed by atoms with Crippen LogP contribution in [0.3, 0.4) is 0 Å². The monoisotopic (exact) mass is 657 g/mol. The molecule has 7 nitrogen and oxygen atoms in total. The zero-order chi connectivity index (χ0) is 33.0. The van der Waals surface area contributed by atoms with Crippen LogP contribution in [0.1, 0.15) is 74.2 Å². The van der Waals surface area contributed by atoms with Crippen molar-refractivity contribution in [2.24, 2.45) is 5.41 Å².